The van der Waals surface area contributed by atoms with E-state index in [2.05, 4.69) is 27.7 Å². The Hall–Kier alpha value is -7.00. The van der Waals surface area contributed by atoms with Gasteiger partial charge in [0.2, 0.25) is 0 Å². The Kier molecular flexibility index (Phi) is 38.2. The van der Waals surface area contributed by atoms with Gasteiger partial charge in [-0.25, -0.2) is 0 Å². The molecule has 4 aromatic carbocycles. The van der Waals surface area contributed by atoms with Crippen LogP contribution in [0.15, 0.2) is 24.3 Å². The van der Waals surface area contributed by atoms with Crippen LogP contribution in [0.5, 0.6) is 46.0 Å². The Morgan fingerprint density at radius 1 is 0.250 bits per heavy atom. The molecule has 4 atom stereocenters. The predicted molar refractivity (Wildman–Crippen MR) is 458 cm³/mol. The number of aromatic hydroxyl groups is 8. The molecule has 4 heterocycles. The van der Waals surface area contributed by atoms with Gasteiger partial charge >= 0.3 is 23.9 Å². The molecule has 648 valence electrons. The summed E-state index contributed by atoms with van der Waals surface area (Å²) >= 11 is 0. The van der Waals surface area contributed by atoms with E-state index in [0.29, 0.717) is 148 Å². The fourth-order valence-corrected chi connectivity index (χ4v) is 20.3. The van der Waals surface area contributed by atoms with Gasteiger partial charge in [0.05, 0.1) is 22.3 Å². The number of benzene rings is 4. The SMILES string of the molecule is CCCCCCCCCCCC1c2cc(c(O)c(CN3CCCC3C(=O)O)c2O)C(CCCCCCCCCCC)c2cc(c(O)c(CN3CCCC3C(=O)O)c2O)C(CCCCCCCCCCC)c2cc(c(O)c(CN3CCCC3C(=O)O)c2O)C(CCCCCCCCCCC)c2cc1c(O)c(CN1CCCC1C(=O)O)c2O. The molecule has 4 aromatic rings. The predicted octanol–water partition coefficient (Wildman–Crippen LogP) is 22.1. The number of likely N-dealkylation sites (tertiary alicyclic amines) is 4. The van der Waals surface area contributed by atoms with Crippen molar-refractivity contribution in [2.24, 2.45) is 0 Å². The molecule has 1 aliphatic carbocycles. The molecule has 0 radical (unpaired) electrons. The minimum atomic E-state index is -1.05. The van der Waals surface area contributed by atoms with Crippen LogP contribution >= 0.6 is 0 Å². The van der Waals surface area contributed by atoms with Crippen LogP contribution in [0.2, 0.25) is 0 Å². The summed E-state index contributed by atoms with van der Waals surface area (Å²) in [6.07, 6.45) is 39.7. The van der Waals surface area contributed by atoms with Crippen LogP contribution in [0.3, 0.4) is 0 Å². The molecule has 4 aliphatic heterocycles. The number of carboxylic acid groups (broad SMARTS) is 4. The second-order valence-electron chi connectivity index (χ2n) is 35.5. The quantitative estimate of drug-likeness (QED) is 0.0183. The molecule has 5 aliphatic rings. The van der Waals surface area contributed by atoms with E-state index in [-0.39, 0.29) is 120 Å². The van der Waals surface area contributed by atoms with Gasteiger partial charge in [0.1, 0.15) is 70.2 Å². The van der Waals surface area contributed by atoms with Gasteiger partial charge in [0.25, 0.3) is 0 Å². The van der Waals surface area contributed by atoms with E-state index in [1.54, 1.807) is 43.9 Å². The lowest BCUT2D eigenvalue weighted by atomic mass is 9.74. The zero-order valence-electron chi connectivity index (χ0n) is 71.3. The van der Waals surface area contributed by atoms with E-state index in [0.717, 1.165) is 205 Å². The highest BCUT2D eigenvalue weighted by Gasteiger charge is 2.43. The van der Waals surface area contributed by atoms with Gasteiger partial charge < -0.3 is 61.3 Å². The molecule has 0 saturated carbocycles. The van der Waals surface area contributed by atoms with Gasteiger partial charge in [0, 0.05) is 94.4 Å². The molecule has 4 saturated heterocycles. The highest BCUT2D eigenvalue weighted by Crippen LogP contribution is 2.57. The molecule has 20 heteroatoms. The molecule has 12 N–H and O–H groups in total. The van der Waals surface area contributed by atoms with Crippen molar-refractivity contribution < 1.29 is 80.5 Å². The first-order valence-corrected chi connectivity index (χ1v) is 46.3. The van der Waals surface area contributed by atoms with E-state index in [4.69, 9.17) is 0 Å². The van der Waals surface area contributed by atoms with Crippen LogP contribution in [0.1, 0.15) is 426 Å². The van der Waals surface area contributed by atoms with Gasteiger partial charge in [-0.1, -0.05) is 259 Å². The van der Waals surface area contributed by atoms with Crippen molar-refractivity contribution in [3.05, 3.63) is 91.0 Å². The number of carbonyl (C=O) groups is 4. The average molecular weight is 1610 g/mol. The first-order chi connectivity index (χ1) is 56.2. The van der Waals surface area contributed by atoms with E-state index < -0.39 is 71.7 Å². The Labute approximate surface area is 693 Å². The van der Waals surface area contributed by atoms with E-state index in [1.165, 1.54) is 0 Å². The zero-order chi connectivity index (χ0) is 83.2. The first kappa shape index (κ1) is 92.9. The number of carboxylic acids is 4. The maximum atomic E-state index is 13.8. The van der Waals surface area contributed by atoms with Crippen LogP contribution in [0.4, 0.5) is 0 Å². The maximum absolute atomic E-state index is 13.8. The molecular weight excluding hydrogens is 1470 g/mol. The van der Waals surface area contributed by atoms with Crippen LogP contribution < -0.4 is 0 Å². The third-order valence-electron chi connectivity index (χ3n) is 27.1. The lowest BCUT2D eigenvalue weighted by Crippen LogP contribution is -2.35. The standard InChI is InChI=1S/C96H148N4O16/c1-5-9-13-17-21-25-29-33-37-45-65-69-57-71(87(103)77(85(69)101)61-97-53-41-49-81(97)93(109)110)66(46-38-34-30-26-22-18-14-10-6-2)73-59-75(91(107)79(89(73)105)63-99-55-43-51-83(99)95(113)114)68(48-40-36-32-28-24-20-16-12-8-4)76-60-74(90(106)80(92(76)108)64-100-56-44-52-84(100)96(115)116)67(47-39-35-31-27-23-19-15-11-7-3)72-58-70(65)86(102)78(88(72)104)62-98-54-42-50-82(98)94(111)112/h57-60,65-68,81-84,101-108H,5-56,61-64H2,1-4H3,(H,109,110)(H,111,112)(H,113,114)(H,115,116). The Morgan fingerprint density at radius 3 is 0.543 bits per heavy atom. The summed E-state index contributed by atoms with van der Waals surface area (Å²) in [6.45, 7) is 9.28. The number of aliphatic carboxylic acids is 4. The Morgan fingerprint density at radius 2 is 0.397 bits per heavy atom. The summed E-state index contributed by atoms with van der Waals surface area (Å²) in [7, 11) is 0. The molecule has 20 nitrogen and oxygen atoms in total. The first-order valence-electron chi connectivity index (χ1n) is 46.3. The van der Waals surface area contributed by atoms with E-state index in [9.17, 15) is 80.5 Å². The van der Waals surface area contributed by atoms with Crippen LogP contribution in [-0.2, 0) is 45.4 Å². The zero-order valence-corrected chi connectivity index (χ0v) is 71.3. The van der Waals surface area contributed by atoms with Crippen molar-refractivity contribution in [3.63, 3.8) is 0 Å². The molecular formula is C96H148N4O16. The van der Waals surface area contributed by atoms with Crippen molar-refractivity contribution in [2.45, 2.75) is 410 Å². The van der Waals surface area contributed by atoms with Crippen molar-refractivity contribution >= 4 is 23.9 Å². The monoisotopic (exact) mass is 1610 g/mol. The number of fused-ring (bicyclic) bond motifs is 8. The number of unbranched alkanes of at least 4 members (excludes halogenated alkanes) is 32. The van der Waals surface area contributed by atoms with Crippen molar-refractivity contribution in [1.29, 1.82) is 0 Å². The number of rotatable bonds is 52. The topological polar surface area (TPSA) is 324 Å². The number of hydrogen-bond donors (Lipinski definition) is 12. The summed E-state index contributed by atoms with van der Waals surface area (Å²) in [5, 5.41) is 154. The molecule has 4 unspecified atom stereocenters. The van der Waals surface area contributed by atoms with Crippen LogP contribution in [-0.4, -0.2) is 155 Å². The molecule has 116 heavy (non-hydrogen) atoms. The van der Waals surface area contributed by atoms with Crippen molar-refractivity contribution in [1.82, 2.24) is 19.6 Å². The van der Waals surface area contributed by atoms with Gasteiger partial charge in [-0.15, -0.1) is 0 Å². The number of hydrogen-bond acceptors (Lipinski definition) is 16. The lowest BCUT2D eigenvalue weighted by molar-refractivity contribution is -0.143. The van der Waals surface area contributed by atoms with E-state index >= 15 is 0 Å². The van der Waals surface area contributed by atoms with Gasteiger partial charge in [-0.05, 0) is 127 Å². The number of phenols is 8. The second kappa shape index (κ2) is 47.7. The van der Waals surface area contributed by atoms with Gasteiger partial charge in [-0.3, -0.25) is 38.8 Å². The summed E-state index contributed by atoms with van der Waals surface area (Å²) < 4.78 is 0. The molecule has 4 fully saturated rings. The summed E-state index contributed by atoms with van der Waals surface area (Å²) in [5.74, 6) is -10.7. The van der Waals surface area contributed by atoms with E-state index in [1.807, 2.05) is 0 Å². The molecule has 0 aromatic heterocycles. The number of nitrogens with zero attached hydrogens (tertiary/aromatic N) is 4. The highest BCUT2D eigenvalue weighted by atomic mass is 16.4. The van der Waals surface area contributed by atoms with Crippen molar-refractivity contribution in [3.8, 4) is 46.0 Å². The van der Waals surface area contributed by atoms with Crippen LogP contribution in [0.25, 0.3) is 0 Å². The molecule has 0 spiro atoms. The number of phenolic OH excluding ortho intramolecular Hbond substituents is 8. The van der Waals surface area contributed by atoms with Gasteiger partial charge in [0.15, 0.2) is 0 Å². The molecule has 8 bridgehead atoms. The normalized spacial score (nSPS) is 20.7. The third-order valence-corrected chi connectivity index (χ3v) is 27.1. The Bertz CT molecular complexity index is 3180. The lowest BCUT2D eigenvalue weighted by Gasteiger charge is -2.33. The second-order valence-corrected chi connectivity index (χ2v) is 35.5. The van der Waals surface area contributed by atoms with Crippen molar-refractivity contribution in [2.75, 3.05) is 26.2 Å². The minimum absolute atomic E-state index is 0.0491. The minimum Gasteiger partial charge on any atom is -0.507 e. The molecule has 9 rings (SSSR count). The molecule has 0 amide bonds. The van der Waals surface area contributed by atoms with Crippen LogP contribution in [0, 0.1) is 0 Å². The highest BCUT2D eigenvalue weighted by molar-refractivity contribution is 5.76. The maximum Gasteiger partial charge on any atom is 0.320 e. The summed E-state index contributed by atoms with van der Waals surface area (Å²) in [4.78, 5) is 60.3. The average Bonchev–Trinajstić information content (AvgIpc) is 1.15. The fraction of sp³-hybridized carbons (Fsp3) is 0.708. The smallest absolute Gasteiger partial charge is 0.320 e. The Balaban J connectivity index is 1.42. The summed E-state index contributed by atoms with van der Waals surface area (Å²) in [5.41, 5.74) is 2.53. The fourth-order valence-electron chi connectivity index (χ4n) is 20.3. The summed E-state index contributed by atoms with van der Waals surface area (Å²) in [6, 6.07) is 3.31. The third kappa shape index (κ3) is 24.6. The largest absolute Gasteiger partial charge is 0.507 e. The van der Waals surface area contributed by atoms with Gasteiger partial charge in [-0.2, -0.15) is 0 Å².